The average Bonchev–Trinajstić information content (AvgIpc) is 3.47. The van der Waals surface area contributed by atoms with Crippen LogP contribution in [0, 0.1) is 37.8 Å². The summed E-state index contributed by atoms with van der Waals surface area (Å²) in [5, 5.41) is 13.7. The summed E-state index contributed by atoms with van der Waals surface area (Å²) in [5.41, 5.74) is 4.49. The zero-order valence-electron chi connectivity index (χ0n) is 17.5. The van der Waals surface area contributed by atoms with Gasteiger partial charge in [-0.15, -0.1) is 0 Å². The molecular formula is C22H25N3O5. The van der Waals surface area contributed by atoms with E-state index in [1.165, 1.54) is 25.0 Å². The fourth-order valence-corrected chi connectivity index (χ4v) is 3.50. The Labute approximate surface area is 174 Å². The number of amides is 1. The molecule has 1 N–H and O–H groups in total. The monoisotopic (exact) mass is 411 g/mol. The van der Waals surface area contributed by atoms with Crippen LogP contribution in [-0.2, 0) is 14.3 Å². The molecule has 8 nitrogen and oxygen atoms in total. The third kappa shape index (κ3) is 4.59. The largest absolute Gasteiger partial charge is 0.452 e. The first-order valence-corrected chi connectivity index (χ1v) is 9.76. The van der Waals surface area contributed by atoms with Gasteiger partial charge in [0.2, 0.25) is 0 Å². The molecule has 1 saturated carbocycles. The maximum absolute atomic E-state index is 12.2. The van der Waals surface area contributed by atoms with Crippen LogP contribution in [0.25, 0.3) is 6.08 Å². The first kappa shape index (κ1) is 21.3. The molecule has 0 aliphatic heterocycles. The summed E-state index contributed by atoms with van der Waals surface area (Å²) in [4.78, 5) is 34.8. The summed E-state index contributed by atoms with van der Waals surface area (Å²) in [6.07, 6.45) is 5.31. The highest BCUT2D eigenvalue weighted by molar-refractivity contribution is 5.97. The number of ether oxygens (including phenoxy) is 1. The van der Waals surface area contributed by atoms with Crippen molar-refractivity contribution in [2.24, 2.45) is 0 Å². The van der Waals surface area contributed by atoms with Crippen molar-refractivity contribution in [1.29, 1.82) is 0 Å². The van der Waals surface area contributed by atoms with Crippen molar-refractivity contribution in [3.63, 3.8) is 0 Å². The van der Waals surface area contributed by atoms with E-state index in [0.29, 0.717) is 11.6 Å². The number of hydrogen-bond acceptors (Lipinski definition) is 5. The number of nitrogens with one attached hydrogen (secondary N) is 1. The highest BCUT2D eigenvalue weighted by Gasteiger charge is 2.26. The molecule has 1 aliphatic rings. The van der Waals surface area contributed by atoms with Crippen molar-refractivity contribution in [2.45, 2.75) is 46.6 Å². The number of aryl methyl sites for hydroxylation is 2. The van der Waals surface area contributed by atoms with E-state index >= 15 is 0 Å². The van der Waals surface area contributed by atoms with Crippen LogP contribution in [0.4, 0.5) is 11.4 Å². The van der Waals surface area contributed by atoms with Crippen molar-refractivity contribution in [3.05, 3.63) is 62.5 Å². The van der Waals surface area contributed by atoms with Crippen molar-refractivity contribution >= 4 is 29.3 Å². The van der Waals surface area contributed by atoms with Gasteiger partial charge in [-0.25, -0.2) is 4.79 Å². The van der Waals surface area contributed by atoms with E-state index in [9.17, 15) is 19.7 Å². The number of nitro benzene ring substituents is 1. The molecule has 2 aromatic rings. The standard InChI is InChI=1S/C22H25N3O5/c1-13-5-9-19(25(28)29)22(15(13)3)23-20(26)12-30-21(27)10-6-17-11-14(2)24(16(17)4)18-7-8-18/h5-6,9-11,18H,7-8,12H2,1-4H3,(H,23,26)/b10-6+. The van der Waals surface area contributed by atoms with Gasteiger partial charge in [-0.2, -0.15) is 0 Å². The molecular weight excluding hydrogens is 386 g/mol. The lowest BCUT2D eigenvalue weighted by atomic mass is 10.1. The Morgan fingerprint density at radius 1 is 1.27 bits per heavy atom. The molecule has 158 valence electrons. The molecule has 0 saturated heterocycles. The molecule has 0 spiro atoms. The number of esters is 1. The van der Waals surface area contributed by atoms with Crippen molar-refractivity contribution in [1.82, 2.24) is 4.57 Å². The Balaban J connectivity index is 1.60. The first-order chi connectivity index (χ1) is 14.2. The van der Waals surface area contributed by atoms with Crippen LogP contribution < -0.4 is 5.32 Å². The van der Waals surface area contributed by atoms with E-state index in [0.717, 1.165) is 22.5 Å². The van der Waals surface area contributed by atoms with Crippen LogP contribution in [0.3, 0.4) is 0 Å². The molecule has 0 atom stereocenters. The lowest BCUT2D eigenvalue weighted by Gasteiger charge is -2.11. The summed E-state index contributed by atoms with van der Waals surface area (Å²) in [6, 6.07) is 5.53. The molecule has 3 rings (SSSR count). The highest BCUT2D eigenvalue weighted by Crippen LogP contribution is 2.38. The van der Waals surface area contributed by atoms with Gasteiger partial charge in [-0.1, -0.05) is 6.07 Å². The second-order valence-electron chi connectivity index (χ2n) is 7.58. The minimum atomic E-state index is -0.656. The topological polar surface area (TPSA) is 103 Å². The minimum Gasteiger partial charge on any atom is -0.452 e. The number of rotatable bonds is 7. The zero-order chi connectivity index (χ0) is 22.0. The van der Waals surface area contributed by atoms with Crippen molar-refractivity contribution < 1.29 is 19.2 Å². The summed E-state index contributed by atoms with van der Waals surface area (Å²) < 4.78 is 7.26. The fourth-order valence-electron chi connectivity index (χ4n) is 3.50. The maximum Gasteiger partial charge on any atom is 0.331 e. The van der Waals surface area contributed by atoms with Gasteiger partial charge in [-0.3, -0.25) is 14.9 Å². The van der Waals surface area contributed by atoms with Gasteiger partial charge < -0.3 is 14.6 Å². The first-order valence-electron chi connectivity index (χ1n) is 9.76. The molecule has 1 aliphatic carbocycles. The number of anilines is 1. The Morgan fingerprint density at radius 2 is 1.97 bits per heavy atom. The summed E-state index contributed by atoms with van der Waals surface area (Å²) >= 11 is 0. The van der Waals surface area contributed by atoms with Crippen LogP contribution in [0.15, 0.2) is 24.3 Å². The minimum absolute atomic E-state index is 0.115. The molecule has 1 aromatic carbocycles. The molecule has 0 bridgehead atoms. The smallest absolute Gasteiger partial charge is 0.331 e. The summed E-state index contributed by atoms with van der Waals surface area (Å²) in [6.45, 7) is 7.00. The number of aromatic nitrogens is 1. The fraction of sp³-hybridized carbons (Fsp3) is 0.364. The highest BCUT2D eigenvalue weighted by atomic mass is 16.6. The van der Waals surface area contributed by atoms with Crippen molar-refractivity contribution in [2.75, 3.05) is 11.9 Å². The number of nitrogens with zero attached hydrogens (tertiary/aromatic N) is 2. The van der Waals surface area contributed by atoms with E-state index in [4.69, 9.17) is 4.74 Å². The molecule has 1 aromatic heterocycles. The zero-order valence-corrected chi connectivity index (χ0v) is 17.5. The summed E-state index contributed by atoms with van der Waals surface area (Å²) in [5.74, 6) is -1.29. The van der Waals surface area contributed by atoms with Crippen LogP contribution >= 0.6 is 0 Å². The van der Waals surface area contributed by atoms with E-state index in [-0.39, 0.29) is 11.4 Å². The Hall–Kier alpha value is -3.42. The Morgan fingerprint density at radius 3 is 2.60 bits per heavy atom. The summed E-state index contributed by atoms with van der Waals surface area (Å²) in [7, 11) is 0. The Kier molecular flexibility index (Phi) is 6.05. The SMILES string of the molecule is Cc1ccc([N+](=O)[O-])c(NC(=O)COC(=O)/C=C/c2cc(C)n(C3CC3)c2C)c1C. The molecule has 0 radical (unpaired) electrons. The van der Waals surface area contributed by atoms with Crippen LogP contribution in [0.5, 0.6) is 0 Å². The van der Waals surface area contributed by atoms with Gasteiger partial charge in [0.1, 0.15) is 5.69 Å². The van der Waals surface area contributed by atoms with E-state index in [1.807, 2.05) is 19.9 Å². The average molecular weight is 411 g/mol. The number of carbonyl (C=O) groups excluding carboxylic acids is 2. The number of benzene rings is 1. The maximum atomic E-state index is 12.2. The van der Waals surface area contributed by atoms with Crippen LogP contribution in [0.1, 0.15) is 47.0 Å². The molecule has 8 heteroatoms. The van der Waals surface area contributed by atoms with Gasteiger partial charge in [0.15, 0.2) is 6.61 Å². The van der Waals surface area contributed by atoms with Crippen molar-refractivity contribution in [3.8, 4) is 0 Å². The quantitative estimate of drug-likeness (QED) is 0.319. The second kappa shape index (κ2) is 8.52. The molecule has 1 amide bonds. The molecule has 1 fully saturated rings. The molecule has 30 heavy (non-hydrogen) atoms. The lowest BCUT2D eigenvalue weighted by Crippen LogP contribution is -2.21. The lowest BCUT2D eigenvalue weighted by molar-refractivity contribution is -0.384. The number of carbonyl (C=O) groups is 2. The predicted octanol–water partition coefficient (Wildman–Crippen LogP) is 4.16. The number of nitro groups is 1. The van der Waals surface area contributed by atoms with Gasteiger partial charge >= 0.3 is 5.97 Å². The third-order valence-corrected chi connectivity index (χ3v) is 5.35. The third-order valence-electron chi connectivity index (χ3n) is 5.35. The van der Waals surface area contributed by atoms with Gasteiger partial charge in [0.25, 0.3) is 11.6 Å². The van der Waals surface area contributed by atoms with Gasteiger partial charge in [0.05, 0.1) is 4.92 Å². The predicted molar refractivity (Wildman–Crippen MR) is 113 cm³/mol. The Bertz CT molecular complexity index is 1050. The van der Waals surface area contributed by atoms with Crippen LogP contribution in [-0.4, -0.2) is 28.0 Å². The van der Waals surface area contributed by atoms with Crippen LogP contribution in [0.2, 0.25) is 0 Å². The van der Waals surface area contributed by atoms with E-state index in [2.05, 4.69) is 9.88 Å². The normalized spacial score (nSPS) is 13.5. The van der Waals surface area contributed by atoms with E-state index < -0.39 is 23.4 Å². The number of hydrogen-bond donors (Lipinski definition) is 1. The second-order valence-corrected chi connectivity index (χ2v) is 7.58. The van der Waals surface area contributed by atoms with Gasteiger partial charge in [0, 0.05) is 29.6 Å². The molecule has 1 heterocycles. The molecule has 0 unspecified atom stereocenters. The van der Waals surface area contributed by atoms with E-state index in [1.54, 1.807) is 26.0 Å². The van der Waals surface area contributed by atoms with Gasteiger partial charge in [-0.05, 0) is 69.4 Å².